The number of nitrogens with one attached hydrogen (secondary N) is 1. The van der Waals surface area contributed by atoms with Crippen LogP contribution in [0, 0.1) is 0 Å². The van der Waals surface area contributed by atoms with Crippen LogP contribution < -0.4 is 5.32 Å². The van der Waals surface area contributed by atoms with Gasteiger partial charge in [0.05, 0.1) is 5.69 Å². The number of rotatable bonds is 1. The highest BCUT2D eigenvalue weighted by molar-refractivity contribution is 5.20. The maximum atomic E-state index is 14.1. The average Bonchev–Trinajstić information content (AvgIpc) is 2.66. The third-order valence-corrected chi connectivity index (χ3v) is 2.60. The van der Waals surface area contributed by atoms with E-state index >= 15 is 0 Å². The summed E-state index contributed by atoms with van der Waals surface area (Å²) in [6, 6.07) is 3.32. The van der Waals surface area contributed by atoms with Gasteiger partial charge in [0, 0.05) is 13.0 Å². The molecule has 1 N–H and O–H groups in total. The summed E-state index contributed by atoms with van der Waals surface area (Å²) in [7, 11) is 0. The molecule has 16 heavy (non-hydrogen) atoms. The fourth-order valence-corrected chi connectivity index (χ4v) is 1.72. The highest BCUT2D eigenvalue weighted by atomic mass is 19.4. The predicted octanol–water partition coefficient (Wildman–Crippen LogP) is 2.26. The van der Waals surface area contributed by atoms with Crippen molar-refractivity contribution in [3.63, 3.8) is 0 Å². The molecule has 2 heterocycles. The van der Waals surface area contributed by atoms with Gasteiger partial charge >= 0.3 is 6.18 Å². The lowest BCUT2D eigenvalue weighted by atomic mass is 10.00. The van der Waals surface area contributed by atoms with Crippen LogP contribution in [0.5, 0.6) is 0 Å². The Hall–Kier alpha value is -1.17. The third kappa shape index (κ3) is 2.02. The molecule has 1 unspecified atom stereocenters. The van der Waals surface area contributed by atoms with Gasteiger partial charge in [-0.15, -0.1) is 0 Å². The molecular formula is C10H10F4N2. The minimum absolute atomic E-state index is 0.0152. The average molecular weight is 234 g/mol. The number of hydrogen-bond donors (Lipinski definition) is 1. The van der Waals surface area contributed by atoms with E-state index in [0.717, 1.165) is 6.07 Å². The van der Waals surface area contributed by atoms with Crippen molar-refractivity contribution in [3.05, 3.63) is 29.6 Å². The molecule has 0 aliphatic carbocycles. The van der Waals surface area contributed by atoms with Gasteiger partial charge in [0.15, 0.2) is 5.67 Å². The van der Waals surface area contributed by atoms with Crippen LogP contribution in [0.4, 0.5) is 17.6 Å². The van der Waals surface area contributed by atoms with Gasteiger partial charge < -0.3 is 5.32 Å². The molecule has 2 rings (SSSR count). The lowest BCUT2D eigenvalue weighted by Gasteiger charge is -2.18. The monoisotopic (exact) mass is 234 g/mol. The Morgan fingerprint density at radius 2 is 2.06 bits per heavy atom. The molecular weight excluding hydrogens is 224 g/mol. The fourth-order valence-electron chi connectivity index (χ4n) is 1.72. The van der Waals surface area contributed by atoms with Crippen LogP contribution in [-0.4, -0.2) is 18.1 Å². The lowest BCUT2D eigenvalue weighted by Crippen LogP contribution is -2.25. The number of alkyl halides is 4. The zero-order valence-corrected chi connectivity index (χ0v) is 8.31. The van der Waals surface area contributed by atoms with E-state index in [1.54, 1.807) is 0 Å². The molecule has 0 amide bonds. The van der Waals surface area contributed by atoms with Gasteiger partial charge in [-0.25, -0.2) is 9.37 Å². The first kappa shape index (κ1) is 11.3. The SMILES string of the molecule is FC(F)(F)c1cccc(C2(F)CCNC2)n1. The highest BCUT2D eigenvalue weighted by Crippen LogP contribution is 2.33. The summed E-state index contributed by atoms with van der Waals surface area (Å²) in [4.78, 5) is 3.36. The predicted molar refractivity (Wildman–Crippen MR) is 49.5 cm³/mol. The van der Waals surface area contributed by atoms with Crippen molar-refractivity contribution < 1.29 is 17.6 Å². The van der Waals surface area contributed by atoms with E-state index in [9.17, 15) is 17.6 Å². The van der Waals surface area contributed by atoms with E-state index in [1.807, 2.05) is 0 Å². The maximum Gasteiger partial charge on any atom is 0.433 e. The number of nitrogens with zero attached hydrogens (tertiary/aromatic N) is 1. The molecule has 1 aliphatic heterocycles. The Morgan fingerprint density at radius 3 is 2.62 bits per heavy atom. The molecule has 1 aliphatic rings. The molecule has 88 valence electrons. The molecule has 1 aromatic heterocycles. The Bertz CT molecular complexity index is 383. The minimum atomic E-state index is -4.53. The van der Waals surface area contributed by atoms with E-state index in [4.69, 9.17) is 0 Å². The normalized spacial score (nSPS) is 26.0. The van der Waals surface area contributed by atoms with E-state index in [1.165, 1.54) is 12.1 Å². The number of halogens is 4. The zero-order chi connectivity index (χ0) is 11.8. The summed E-state index contributed by atoms with van der Waals surface area (Å²) in [6.45, 7) is 0.468. The first-order chi connectivity index (χ1) is 7.42. The second-order valence-corrected chi connectivity index (χ2v) is 3.80. The highest BCUT2D eigenvalue weighted by Gasteiger charge is 2.39. The Labute approximate surface area is 89.7 Å². The fraction of sp³-hybridized carbons (Fsp3) is 0.500. The first-order valence-corrected chi connectivity index (χ1v) is 4.86. The lowest BCUT2D eigenvalue weighted by molar-refractivity contribution is -0.141. The van der Waals surface area contributed by atoms with E-state index in [0.29, 0.717) is 6.54 Å². The van der Waals surface area contributed by atoms with Crippen LogP contribution in [-0.2, 0) is 11.8 Å². The van der Waals surface area contributed by atoms with Crippen molar-refractivity contribution in [3.8, 4) is 0 Å². The number of pyridine rings is 1. The Balaban J connectivity index is 2.36. The minimum Gasteiger partial charge on any atom is -0.313 e. The van der Waals surface area contributed by atoms with Gasteiger partial charge in [-0.1, -0.05) is 6.07 Å². The van der Waals surface area contributed by atoms with Crippen molar-refractivity contribution in [1.29, 1.82) is 0 Å². The zero-order valence-electron chi connectivity index (χ0n) is 8.31. The van der Waals surface area contributed by atoms with Crippen LogP contribution >= 0.6 is 0 Å². The van der Waals surface area contributed by atoms with E-state index < -0.39 is 17.5 Å². The summed E-state index contributed by atoms with van der Waals surface area (Å²) in [6.07, 6.45) is -4.38. The van der Waals surface area contributed by atoms with Gasteiger partial charge in [-0.3, -0.25) is 0 Å². The van der Waals surface area contributed by atoms with Crippen molar-refractivity contribution in [1.82, 2.24) is 10.3 Å². The standard InChI is InChI=1S/C10H10F4N2/c11-9(4-5-15-6-9)7-2-1-3-8(16-7)10(12,13)14/h1-3,15H,4-6H2. The van der Waals surface area contributed by atoms with Crippen LogP contribution in [0.1, 0.15) is 17.8 Å². The smallest absolute Gasteiger partial charge is 0.313 e. The van der Waals surface area contributed by atoms with Crippen LogP contribution in [0.15, 0.2) is 18.2 Å². The van der Waals surface area contributed by atoms with E-state index in [-0.39, 0.29) is 18.7 Å². The molecule has 0 spiro atoms. The first-order valence-electron chi connectivity index (χ1n) is 4.86. The second-order valence-electron chi connectivity index (χ2n) is 3.80. The Morgan fingerprint density at radius 1 is 1.31 bits per heavy atom. The van der Waals surface area contributed by atoms with Gasteiger partial charge in [-0.2, -0.15) is 13.2 Å². The van der Waals surface area contributed by atoms with Crippen LogP contribution in [0.3, 0.4) is 0 Å². The van der Waals surface area contributed by atoms with Gasteiger partial charge in [0.1, 0.15) is 5.69 Å². The summed E-state index contributed by atoms with van der Waals surface area (Å²) < 4.78 is 51.3. The molecule has 1 saturated heterocycles. The molecule has 1 atom stereocenters. The summed E-state index contributed by atoms with van der Waals surface area (Å²) in [5, 5.41) is 2.77. The van der Waals surface area contributed by atoms with Gasteiger partial charge in [-0.05, 0) is 18.7 Å². The molecule has 0 bridgehead atoms. The quantitative estimate of drug-likeness (QED) is 0.754. The van der Waals surface area contributed by atoms with Crippen molar-refractivity contribution in [2.24, 2.45) is 0 Å². The molecule has 2 nitrogen and oxygen atoms in total. The van der Waals surface area contributed by atoms with Crippen molar-refractivity contribution in [2.75, 3.05) is 13.1 Å². The largest absolute Gasteiger partial charge is 0.433 e. The number of aromatic nitrogens is 1. The molecule has 1 aromatic rings. The molecule has 1 fully saturated rings. The topological polar surface area (TPSA) is 24.9 Å². The van der Waals surface area contributed by atoms with Crippen molar-refractivity contribution in [2.45, 2.75) is 18.3 Å². The van der Waals surface area contributed by atoms with Gasteiger partial charge in [0.25, 0.3) is 0 Å². The van der Waals surface area contributed by atoms with Crippen molar-refractivity contribution >= 4 is 0 Å². The van der Waals surface area contributed by atoms with Crippen LogP contribution in [0.25, 0.3) is 0 Å². The molecule has 0 saturated carbocycles. The van der Waals surface area contributed by atoms with Crippen LogP contribution in [0.2, 0.25) is 0 Å². The molecule has 0 aromatic carbocycles. The maximum absolute atomic E-state index is 14.1. The summed E-state index contributed by atoms with van der Waals surface area (Å²) in [5.74, 6) is 0. The Kier molecular flexibility index (Phi) is 2.61. The number of hydrogen-bond acceptors (Lipinski definition) is 2. The second kappa shape index (κ2) is 3.69. The molecule has 6 heteroatoms. The third-order valence-electron chi connectivity index (χ3n) is 2.60. The summed E-state index contributed by atoms with van der Waals surface area (Å²) >= 11 is 0. The van der Waals surface area contributed by atoms with Gasteiger partial charge in [0.2, 0.25) is 0 Å². The van der Waals surface area contributed by atoms with E-state index in [2.05, 4.69) is 10.3 Å². The summed E-state index contributed by atoms with van der Waals surface area (Å²) in [5.41, 5.74) is -2.97. The molecule has 0 radical (unpaired) electrons.